The van der Waals surface area contributed by atoms with Crippen LogP contribution in [0.5, 0.6) is 0 Å². The van der Waals surface area contributed by atoms with Gasteiger partial charge in [0.1, 0.15) is 10.6 Å². The van der Waals surface area contributed by atoms with Crippen molar-refractivity contribution in [1.82, 2.24) is 4.98 Å². The molecule has 0 saturated carbocycles. The topological polar surface area (TPSA) is 116 Å². The van der Waals surface area contributed by atoms with Crippen molar-refractivity contribution in [3.63, 3.8) is 0 Å². The molecule has 9 heteroatoms. The number of hydrogen-bond donors (Lipinski definition) is 3. The molecule has 0 aliphatic heterocycles. The fraction of sp³-hybridized carbons (Fsp3) is 0. The standard InChI is InChI=1S/C12H9ClN2O5S/c13-8-4-3-7(12(17)18)6-10(8)21(19,20)15-9-2-1-5-14-11(9)16/h1-6,15H,(H,14,16)(H,17,18). The van der Waals surface area contributed by atoms with E-state index in [1.54, 1.807) is 0 Å². The first-order chi connectivity index (χ1) is 9.81. The van der Waals surface area contributed by atoms with Crippen LogP contribution in [0, 0.1) is 0 Å². The van der Waals surface area contributed by atoms with E-state index in [2.05, 4.69) is 9.71 Å². The van der Waals surface area contributed by atoms with Crippen LogP contribution in [-0.2, 0) is 10.0 Å². The molecule has 0 atom stereocenters. The van der Waals surface area contributed by atoms with Crippen LogP contribution in [0.25, 0.3) is 0 Å². The summed E-state index contributed by atoms with van der Waals surface area (Å²) in [6.07, 6.45) is 1.35. The number of carbonyl (C=O) groups is 1. The summed E-state index contributed by atoms with van der Waals surface area (Å²) in [7, 11) is -4.19. The van der Waals surface area contributed by atoms with Gasteiger partial charge in [-0.15, -0.1) is 0 Å². The number of H-pyrrole nitrogens is 1. The van der Waals surface area contributed by atoms with Crippen molar-refractivity contribution in [2.75, 3.05) is 4.72 Å². The first-order valence-corrected chi connectivity index (χ1v) is 7.41. The third-order valence-electron chi connectivity index (χ3n) is 2.53. The lowest BCUT2D eigenvalue weighted by Crippen LogP contribution is -2.20. The summed E-state index contributed by atoms with van der Waals surface area (Å²) in [5.41, 5.74) is -1.07. The number of aromatic amines is 1. The molecular weight excluding hydrogens is 320 g/mol. The number of carboxylic acids is 1. The Labute approximate surface area is 124 Å². The van der Waals surface area contributed by atoms with Gasteiger partial charge in [-0.3, -0.25) is 9.52 Å². The van der Waals surface area contributed by atoms with Crippen molar-refractivity contribution in [2.45, 2.75) is 4.90 Å². The number of pyridine rings is 1. The van der Waals surface area contributed by atoms with Gasteiger partial charge in [0, 0.05) is 6.20 Å². The summed E-state index contributed by atoms with van der Waals surface area (Å²) in [5.74, 6) is -1.29. The maximum Gasteiger partial charge on any atom is 0.335 e. The molecule has 0 amide bonds. The number of aromatic carboxylic acids is 1. The van der Waals surface area contributed by atoms with Crippen molar-refractivity contribution < 1.29 is 18.3 Å². The number of benzene rings is 1. The maximum absolute atomic E-state index is 12.2. The van der Waals surface area contributed by atoms with Crippen molar-refractivity contribution >= 4 is 33.3 Å². The largest absolute Gasteiger partial charge is 0.478 e. The molecule has 21 heavy (non-hydrogen) atoms. The molecule has 7 nitrogen and oxygen atoms in total. The second-order valence-electron chi connectivity index (χ2n) is 3.97. The fourth-order valence-corrected chi connectivity index (χ4v) is 3.13. The molecule has 0 fully saturated rings. The van der Waals surface area contributed by atoms with Gasteiger partial charge in [0.05, 0.1) is 10.6 Å². The third kappa shape index (κ3) is 3.23. The average Bonchev–Trinajstić information content (AvgIpc) is 2.41. The van der Waals surface area contributed by atoms with Crippen molar-refractivity contribution in [1.29, 1.82) is 0 Å². The summed E-state index contributed by atoms with van der Waals surface area (Å²) in [4.78, 5) is 24.3. The van der Waals surface area contributed by atoms with Crippen LogP contribution in [0.1, 0.15) is 10.4 Å². The van der Waals surface area contributed by atoms with Crippen molar-refractivity contribution in [3.8, 4) is 0 Å². The molecule has 1 aromatic heterocycles. The molecule has 0 unspecified atom stereocenters. The second kappa shape index (κ2) is 5.58. The summed E-state index contributed by atoms with van der Waals surface area (Å²) in [5, 5.41) is 8.73. The highest BCUT2D eigenvalue weighted by molar-refractivity contribution is 7.92. The molecule has 0 spiro atoms. The molecule has 0 radical (unpaired) electrons. The molecule has 1 aromatic carbocycles. The number of aromatic nitrogens is 1. The van der Waals surface area contributed by atoms with Crippen LogP contribution >= 0.6 is 11.6 Å². The fourth-order valence-electron chi connectivity index (χ4n) is 1.54. The lowest BCUT2D eigenvalue weighted by Gasteiger charge is -2.09. The Balaban J connectivity index is 2.50. The first kappa shape index (κ1) is 15.1. The highest BCUT2D eigenvalue weighted by atomic mass is 35.5. The van der Waals surface area contributed by atoms with Gasteiger partial charge in [0.2, 0.25) is 0 Å². The minimum absolute atomic E-state index is 0.153. The summed E-state index contributed by atoms with van der Waals surface area (Å²) < 4.78 is 26.5. The Hall–Kier alpha value is -2.32. The second-order valence-corrected chi connectivity index (χ2v) is 6.03. The predicted molar refractivity (Wildman–Crippen MR) is 76.3 cm³/mol. The van der Waals surface area contributed by atoms with E-state index < -0.39 is 26.4 Å². The summed E-state index contributed by atoms with van der Waals surface area (Å²) in [6.45, 7) is 0. The number of hydrogen-bond acceptors (Lipinski definition) is 4. The molecular formula is C12H9ClN2O5S. The van der Waals surface area contributed by atoms with E-state index in [4.69, 9.17) is 16.7 Å². The van der Waals surface area contributed by atoms with E-state index in [-0.39, 0.29) is 16.3 Å². The molecule has 3 N–H and O–H groups in total. The SMILES string of the molecule is O=C(O)c1ccc(Cl)c(S(=O)(=O)Nc2ccc[nH]c2=O)c1. The van der Waals surface area contributed by atoms with E-state index >= 15 is 0 Å². The van der Waals surface area contributed by atoms with Gasteiger partial charge >= 0.3 is 5.97 Å². The van der Waals surface area contributed by atoms with E-state index in [9.17, 15) is 18.0 Å². The Morgan fingerprint density at radius 1 is 1.29 bits per heavy atom. The van der Waals surface area contributed by atoms with E-state index in [0.717, 1.165) is 12.1 Å². The molecule has 110 valence electrons. The Bertz CT molecular complexity index is 860. The number of carboxylic acid groups (broad SMARTS) is 1. The van der Waals surface area contributed by atoms with E-state index in [1.807, 2.05) is 0 Å². The van der Waals surface area contributed by atoms with Crippen LogP contribution in [-0.4, -0.2) is 24.5 Å². The number of sulfonamides is 1. The van der Waals surface area contributed by atoms with E-state index in [0.29, 0.717) is 0 Å². The quantitative estimate of drug-likeness (QED) is 0.787. The van der Waals surface area contributed by atoms with Gasteiger partial charge in [0.25, 0.3) is 15.6 Å². The zero-order valence-electron chi connectivity index (χ0n) is 10.3. The lowest BCUT2D eigenvalue weighted by atomic mass is 10.2. The molecule has 0 aliphatic rings. The summed E-state index contributed by atoms with van der Waals surface area (Å²) >= 11 is 5.79. The number of nitrogens with one attached hydrogen (secondary N) is 2. The minimum atomic E-state index is -4.19. The number of rotatable bonds is 4. The van der Waals surface area contributed by atoms with Crippen LogP contribution in [0.3, 0.4) is 0 Å². The summed E-state index contributed by atoms with van der Waals surface area (Å²) in [6, 6.07) is 5.97. The van der Waals surface area contributed by atoms with Gasteiger partial charge < -0.3 is 10.1 Å². The van der Waals surface area contributed by atoms with Crippen LogP contribution in [0.2, 0.25) is 5.02 Å². The van der Waals surface area contributed by atoms with Crippen LogP contribution in [0.4, 0.5) is 5.69 Å². The molecule has 2 rings (SSSR count). The first-order valence-electron chi connectivity index (χ1n) is 5.54. The van der Waals surface area contributed by atoms with Crippen LogP contribution in [0.15, 0.2) is 46.2 Å². The molecule has 2 aromatic rings. The molecule has 0 saturated heterocycles. The van der Waals surface area contributed by atoms with Gasteiger partial charge in [-0.1, -0.05) is 11.6 Å². The smallest absolute Gasteiger partial charge is 0.335 e. The normalized spacial score (nSPS) is 11.1. The van der Waals surface area contributed by atoms with Gasteiger partial charge in [0.15, 0.2) is 0 Å². The Kier molecular flexibility index (Phi) is 4.01. The van der Waals surface area contributed by atoms with Crippen molar-refractivity contribution in [3.05, 3.63) is 57.5 Å². The monoisotopic (exact) mass is 328 g/mol. The zero-order valence-corrected chi connectivity index (χ0v) is 11.9. The third-order valence-corrected chi connectivity index (χ3v) is 4.38. The van der Waals surface area contributed by atoms with Crippen molar-refractivity contribution in [2.24, 2.45) is 0 Å². The Morgan fingerprint density at radius 2 is 2.00 bits per heavy atom. The maximum atomic E-state index is 12.2. The van der Waals surface area contributed by atoms with Gasteiger partial charge in [-0.05, 0) is 30.3 Å². The van der Waals surface area contributed by atoms with Gasteiger partial charge in [-0.2, -0.15) is 0 Å². The van der Waals surface area contributed by atoms with E-state index in [1.165, 1.54) is 24.4 Å². The minimum Gasteiger partial charge on any atom is -0.478 e. The lowest BCUT2D eigenvalue weighted by molar-refractivity contribution is 0.0696. The van der Waals surface area contributed by atoms with Gasteiger partial charge in [-0.25, -0.2) is 13.2 Å². The number of halogens is 1. The van der Waals surface area contributed by atoms with Crippen LogP contribution < -0.4 is 10.3 Å². The zero-order chi connectivity index (χ0) is 15.6. The number of anilines is 1. The molecule has 0 aliphatic carbocycles. The molecule has 0 bridgehead atoms. The molecule has 1 heterocycles. The highest BCUT2D eigenvalue weighted by Crippen LogP contribution is 2.24. The Morgan fingerprint density at radius 3 is 2.62 bits per heavy atom. The predicted octanol–water partition coefficient (Wildman–Crippen LogP) is 1.53. The average molecular weight is 329 g/mol. The highest BCUT2D eigenvalue weighted by Gasteiger charge is 2.21.